The molecule has 108 valence electrons. The third-order valence-electron chi connectivity index (χ3n) is 4.01. The number of aliphatic hydroxyl groups is 2. The Kier molecular flexibility index (Phi) is 4.76. The molecule has 0 bridgehead atoms. The Labute approximate surface area is 120 Å². The predicted molar refractivity (Wildman–Crippen MR) is 82.7 cm³/mol. The van der Waals surface area contributed by atoms with Gasteiger partial charge in [0.1, 0.15) is 0 Å². The van der Waals surface area contributed by atoms with E-state index < -0.39 is 6.10 Å². The van der Waals surface area contributed by atoms with Gasteiger partial charge in [0.15, 0.2) is 0 Å². The summed E-state index contributed by atoms with van der Waals surface area (Å²) >= 11 is 0. The van der Waals surface area contributed by atoms with Crippen molar-refractivity contribution in [2.75, 3.05) is 13.2 Å². The lowest BCUT2D eigenvalue weighted by molar-refractivity contribution is 0.126. The van der Waals surface area contributed by atoms with Crippen LogP contribution in [0.2, 0.25) is 0 Å². The standard InChI is InChI=1S/C17H23NO2/c1-3-17(2,12-19)18-11-16(20)15-9-8-13-6-4-5-7-14(13)10-15/h4-10,16,18-20H,3,11-12H2,1-2H3. The Bertz CT molecular complexity index is 564. The molecule has 0 aromatic heterocycles. The Morgan fingerprint density at radius 2 is 1.85 bits per heavy atom. The first kappa shape index (κ1) is 15.0. The van der Waals surface area contributed by atoms with Crippen LogP contribution in [-0.4, -0.2) is 28.9 Å². The molecule has 20 heavy (non-hydrogen) atoms. The van der Waals surface area contributed by atoms with Crippen molar-refractivity contribution >= 4 is 10.8 Å². The second kappa shape index (κ2) is 6.35. The van der Waals surface area contributed by atoms with Crippen LogP contribution in [0.1, 0.15) is 31.9 Å². The van der Waals surface area contributed by atoms with Crippen LogP contribution in [0.25, 0.3) is 10.8 Å². The van der Waals surface area contributed by atoms with Gasteiger partial charge in [-0.1, -0.05) is 43.3 Å². The van der Waals surface area contributed by atoms with E-state index in [4.69, 9.17) is 0 Å². The number of rotatable bonds is 6. The lowest BCUT2D eigenvalue weighted by Gasteiger charge is -2.28. The highest BCUT2D eigenvalue weighted by atomic mass is 16.3. The molecule has 0 aliphatic rings. The molecule has 0 aliphatic heterocycles. The van der Waals surface area contributed by atoms with Gasteiger partial charge in [0.05, 0.1) is 12.7 Å². The van der Waals surface area contributed by atoms with E-state index in [1.54, 1.807) is 0 Å². The van der Waals surface area contributed by atoms with Crippen molar-refractivity contribution in [2.45, 2.75) is 31.9 Å². The summed E-state index contributed by atoms with van der Waals surface area (Å²) in [5.74, 6) is 0. The molecule has 0 fully saturated rings. The molecule has 0 spiro atoms. The number of hydrogen-bond donors (Lipinski definition) is 3. The molecule has 2 rings (SSSR count). The fourth-order valence-electron chi connectivity index (χ4n) is 2.17. The summed E-state index contributed by atoms with van der Waals surface area (Å²) in [7, 11) is 0. The molecule has 3 heteroatoms. The Hall–Kier alpha value is -1.42. The Balaban J connectivity index is 2.09. The van der Waals surface area contributed by atoms with Gasteiger partial charge in [-0.15, -0.1) is 0 Å². The molecule has 3 N–H and O–H groups in total. The van der Waals surface area contributed by atoms with Crippen LogP contribution < -0.4 is 5.32 Å². The van der Waals surface area contributed by atoms with Gasteiger partial charge in [-0.3, -0.25) is 0 Å². The van der Waals surface area contributed by atoms with Gasteiger partial charge in [0.2, 0.25) is 0 Å². The Morgan fingerprint density at radius 3 is 2.50 bits per heavy atom. The van der Waals surface area contributed by atoms with Crippen LogP contribution >= 0.6 is 0 Å². The van der Waals surface area contributed by atoms with Crippen LogP contribution in [0, 0.1) is 0 Å². The Morgan fingerprint density at radius 1 is 1.15 bits per heavy atom. The molecule has 0 saturated heterocycles. The summed E-state index contributed by atoms with van der Waals surface area (Å²) in [5.41, 5.74) is 0.560. The minimum atomic E-state index is -0.572. The molecule has 2 atom stereocenters. The third-order valence-corrected chi connectivity index (χ3v) is 4.01. The average molecular weight is 273 g/mol. The number of benzene rings is 2. The third kappa shape index (κ3) is 3.37. The highest BCUT2D eigenvalue weighted by molar-refractivity contribution is 5.83. The van der Waals surface area contributed by atoms with Crippen molar-refractivity contribution in [3.63, 3.8) is 0 Å². The van der Waals surface area contributed by atoms with Crippen LogP contribution in [0.15, 0.2) is 42.5 Å². The maximum atomic E-state index is 10.3. The monoisotopic (exact) mass is 273 g/mol. The summed E-state index contributed by atoms with van der Waals surface area (Å²) < 4.78 is 0. The first-order valence-corrected chi connectivity index (χ1v) is 7.10. The summed E-state index contributed by atoms with van der Waals surface area (Å²) in [5, 5.41) is 25.2. The van der Waals surface area contributed by atoms with Gasteiger partial charge in [-0.2, -0.15) is 0 Å². The topological polar surface area (TPSA) is 52.5 Å². The molecule has 0 radical (unpaired) electrons. The fourth-order valence-corrected chi connectivity index (χ4v) is 2.17. The first-order chi connectivity index (χ1) is 9.58. The van der Waals surface area contributed by atoms with Gasteiger partial charge < -0.3 is 15.5 Å². The van der Waals surface area contributed by atoms with Crippen molar-refractivity contribution in [1.29, 1.82) is 0 Å². The van der Waals surface area contributed by atoms with E-state index in [0.717, 1.165) is 17.4 Å². The summed E-state index contributed by atoms with van der Waals surface area (Å²) in [6.45, 7) is 4.48. The van der Waals surface area contributed by atoms with Gasteiger partial charge in [-0.25, -0.2) is 0 Å². The second-order valence-electron chi connectivity index (χ2n) is 5.58. The fraction of sp³-hybridized carbons (Fsp3) is 0.412. The smallest absolute Gasteiger partial charge is 0.0914 e. The molecule has 0 aliphatic carbocycles. The molecule has 2 aromatic rings. The van der Waals surface area contributed by atoms with Crippen molar-refractivity contribution in [3.8, 4) is 0 Å². The van der Waals surface area contributed by atoms with Gasteiger partial charge in [0, 0.05) is 12.1 Å². The van der Waals surface area contributed by atoms with Crippen LogP contribution in [0.5, 0.6) is 0 Å². The van der Waals surface area contributed by atoms with Crippen molar-refractivity contribution in [3.05, 3.63) is 48.0 Å². The number of β-amino-alcohol motifs (C(OH)–C–C–N with tert-alkyl or cyclic N) is 1. The highest BCUT2D eigenvalue weighted by Crippen LogP contribution is 2.20. The van der Waals surface area contributed by atoms with E-state index in [1.807, 2.05) is 50.2 Å². The van der Waals surface area contributed by atoms with E-state index in [0.29, 0.717) is 6.54 Å². The van der Waals surface area contributed by atoms with E-state index in [2.05, 4.69) is 11.4 Å². The molecule has 0 heterocycles. The minimum Gasteiger partial charge on any atom is -0.394 e. The summed E-state index contributed by atoms with van der Waals surface area (Å²) in [4.78, 5) is 0. The molecular weight excluding hydrogens is 250 g/mol. The largest absolute Gasteiger partial charge is 0.394 e. The van der Waals surface area contributed by atoms with E-state index in [9.17, 15) is 10.2 Å². The SMILES string of the molecule is CCC(C)(CO)NCC(O)c1ccc2ccccc2c1. The minimum absolute atomic E-state index is 0.0634. The quantitative estimate of drug-likeness (QED) is 0.758. The first-order valence-electron chi connectivity index (χ1n) is 7.10. The number of aliphatic hydroxyl groups excluding tert-OH is 2. The lowest BCUT2D eigenvalue weighted by atomic mass is 9.98. The number of fused-ring (bicyclic) bond motifs is 1. The van der Waals surface area contributed by atoms with E-state index >= 15 is 0 Å². The molecule has 2 unspecified atom stereocenters. The summed E-state index contributed by atoms with van der Waals surface area (Å²) in [6.07, 6.45) is 0.241. The van der Waals surface area contributed by atoms with E-state index in [-0.39, 0.29) is 12.1 Å². The van der Waals surface area contributed by atoms with E-state index in [1.165, 1.54) is 5.39 Å². The maximum Gasteiger partial charge on any atom is 0.0914 e. The maximum absolute atomic E-state index is 10.3. The van der Waals surface area contributed by atoms with Crippen molar-refractivity contribution in [2.24, 2.45) is 0 Å². The summed E-state index contributed by atoms with van der Waals surface area (Å²) in [6, 6.07) is 14.1. The highest BCUT2D eigenvalue weighted by Gasteiger charge is 2.21. The number of nitrogens with one attached hydrogen (secondary N) is 1. The van der Waals surface area contributed by atoms with Gasteiger partial charge in [0.25, 0.3) is 0 Å². The van der Waals surface area contributed by atoms with Gasteiger partial charge >= 0.3 is 0 Å². The molecule has 3 nitrogen and oxygen atoms in total. The van der Waals surface area contributed by atoms with Gasteiger partial charge in [-0.05, 0) is 35.7 Å². The second-order valence-corrected chi connectivity index (χ2v) is 5.58. The van der Waals surface area contributed by atoms with Crippen LogP contribution in [-0.2, 0) is 0 Å². The predicted octanol–water partition coefficient (Wildman–Crippen LogP) is 2.62. The van der Waals surface area contributed by atoms with Crippen molar-refractivity contribution < 1.29 is 10.2 Å². The zero-order valence-corrected chi connectivity index (χ0v) is 12.1. The van der Waals surface area contributed by atoms with Crippen LogP contribution in [0.3, 0.4) is 0 Å². The average Bonchev–Trinajstić information content (AvgIpc) is 2.51. The van der Waals surface area contributed by atoms with Crippen LogP contribution in [0.4, 0.5) is 0 Å². The molecule has 0 amide bonds. The number of hydrogen-bond acceptors (Lipinski definition) is 3. The lowest BCUT2D eigenvalue weighted by Crippen LogP contribution is -2.46. The molecule has 0 saturated carbocycles. The zero-order chi connectivity index (χ0) is 14.6. The molecule has 2 aromatic carbocycles. The molecular formula is C17H23NO2. The zero-order valence-electron chi connectivity index (χ0n) is 12.1. The van der Waals surface area contributed by atoms with Crippen molar-refractivity contribution in [1.82, 2.24) is 5.32 Å². The normalized spacial score (nSPS) is 16.0.